The fourth-order valence-electron chi connectivity index (χ4n) is 4.44. The molecule has 45 heavy (non-hydrogen) atoms. The number of thiazole rings is 1. The molecule has 0 aliphatic heterocycles. The van der Waals surface area contributed by atoms with Crippen LogP contribution < -0.4 is 16.0 Å². The summed E-state index contributed by atoms with van der Waals surface area (Å²) in [5.41, 5.74) is 2.72. The average molecular weight is 631 g/mol. The number of aromatic nitrogens is 1. The van der Waals surface area contributed by atoms with Gasteiger partial charge in [-0.05, 0) is 59.3 Å². The normalized spacial score (nSPS) is 11.2. The van der Waals surface area contributed by atoms with Gasteiger partial charge < -0.3 is 20.4 Å². The van der Waals surface area contributed by atoms with Crippen LogP contribution in [-0.4, -0.2) is 28.5 Å². The van der Waals surface area contributed by atoms with E-state index in [0.29, 0.717) is 22.1 Å². The Morgan fingerprint density at radius 1 is 0.822 bits per heavy atom. The van der Waals surface area contributed by atoms with Gasteiger partial charge in [-0.2, -0.15) is 0 Å². The number of hydrogen-bond acceptors (Lipinski definition) is 7. The molecule has 0 atom stereocenters. The van der Waals surface area contributed by atoms with Gasteiger partial charge in [-0.15, -0.1) is 23.1 Å². The molecule has 10 heteroatoms. The number of rotatable bonds is 10. The first kappa shape index (κ1) is 29.6. The third-order valence-electron chi connectivity index (χ3n) is 6.62. The van der Waals surface area contributed by atoms with E-state index in [1.165, 1.54) is 35.4 Å². The quantitative estimate of drug-likeness (QED) is 0.106. The number of nitrogens with zero attached hydrogens (tertiary/aromatic N) is 1. The van der Waals surface area contributed by atoms with Crippen molar-refractivity contribution in [2.45, 2.75) is 4.90 Å². The summed E-state index contributed by atoms with van der Waals surface area (Å²) in [5.74, 6) is -0.585. The number of thioether (sulfide) groups is 1. The highest BCUT2D eigenvalue weighted by atomic mass is 32.2. The first-order valence-electron chi connectivity index (χ1n) is 13.9. The smallest absolute Gasteiger partial charge is 0.272 e. The molecular weight excluding hydrogens is 605 g/mol. The lowest BCUT2D eigenvalue weighted by atomic mass is 10.1. The second-order valence-electron chi connectivity index (χ2n) is 9.81. The molecule has 8 nitrogen and oxygen atoms in total. The Labute approximate surface area is 267 Å². The van der Waals surface area contributed by atoms with Gasteiger partial charge in [0.05, 0.1) is 17.7 Å². The van der Waals surface area contributed by atoms with Crippen LogP contribution in [0.5, 0.6) is 0 Å². The van der Waals surface area contributed by atoms with Crippen molar-refractivity contribution in [2.75, 3.05) is 16.4 Å². The maximum Gasteiger partial charge on any atom is 0.272 e. The predicted molar refractivity (Wildman–Crippen MR) is 180 cm³/mol. The zero-order valence-electron chi connectivity index (χ0n) is 23.7. The molecule has 0 unspecified atom stereocenters. The molecule has 6 aromatic rings. The molecule has 0 aliphatic rings. The Morgan fingerprint density at radius 2 is 1.64 bits per heavy atom. The van der Waals surface area contributed by atoms with Crippen molar-refractivity contribution < 1.29 is 18.8 Å². The minimum atomic E-state index is -0.526. The molecule has 6 rings (SSSR count). The Kier molecular flexibility index (Phi) is 9.14. The van der Waals surface area contributed by atoms with Crippen LogP contribution in [0.15, 0.2) is 136 Å². The molecular formula is C35H26N4O4S2. The highest BCUT2D eigenvalue weighted by Crippen LogP contribution is 2.28. The maximum absolute atomic E-state index is 13.2. The van der Waals surface area contributed by atoms with Crippen molar-refractivity contribution in [3.05, 3.63) is 138 Å². The summed E-state index contributed by atoms with van der Waals surface area (Å²) < 4.78 is 5.35. The van der Waals surface area contributed by atoms with Gasteiger partial charge in [-0.1, -0.05) is 60.7 Å². The monoisotopic (exact) mass is 630 g/mol. The van der Waals surface area contributed by atoms with Crippen molar-refractivity contribution in [2.24, 2.45) is 0 Å². The molecule has 0 saturated heterocycles. The van der Waals surface area contributed by atoms with E-state index in [4.69, 9.17) is 4.42 Å². The van der Waals surface area contributed by atoms with E-state index in [1.807, 2.05) is 29.6 Å². The lowest BCUT2D eigenvalue weighted by Crippen LogP contribution is -2.30. The van der Waals surface area contributed by atoms with Crippen molar-refractivity contribution >= 4 is 68.5 Å². The highest BCUT2D eigenvalue weighted by Gasteiger charge is 2.16. The fourth-order valence-corrected chi connectivity index (χ4v) is 5.93. The molecule has 222 valence electrons. The second-order valence-corrected chi connectivity index (χ2v) is 11.7. The number of benzene rings is 4. The van der Waals surface area contributed by atoms with Crippen LogP contribution in [-0.2, 0) is 9.59 Å². The Bertz CT molecular complexity index is 2000. The van der Waals surface area contributed by atoms with Gasteiger partial charge in [-0.3, -0.25) is 14.4 Å². The van der Waals surface area contributed by atoms with Crippen LogP contribution in [0.25, 0.3) is 28.1 Å². The molecule has 0 bridgehead atoms. The Balaban J connectivity index is 1.07. The third kappa shape index (κ3) is 7.74. The van der Waals surface area contributed by atoms with E-state index >= 15 is 0 Å². The number of fused-ring (bicyclic) bond motifs is 1. The maximum atomic E-state index is 13.2. The largest absolute Gasteiger partial charge is 0.465 e. The van der Waals surface area contributed by atoms with E-state index < -0.39 is 11.8 Å². The standard InChI is InChI=1S/C35H26N4O4S2/c40-32(39-35-38-31(21-45-35)26-16-15-23-8-4-5-11-25(23)18-26)22-44-29-14-6-12-27(19-29)36-34(42)30(20-28-13-7-17-43-28)37-33(41)24-9-2-1-3-10-24/h1-21H,22H2,(H,36,42)(H,37,41)(H,38,39,40)/b30-20-. The number of carbonyl (C=O) groups excluding carboxylic acids is 3. The van der Waals surface area contributed by atoms with Crippen LogP contribution in [0.1, 0.15) is 16.1 Å². The molecule has 0 saturated carbocycles. The van der Waals surface area contributed by atoms with Crippen LogP contribution in [0.4, 0.5) is 10.8 Å². The van der Waals surface area contributed by atoms with Crippen molar-refractivity contribution in [1.82, 2.24) is 10.3 Å². The number of nitrogens with one attached hydrogen (secondary N) is 3. The van der Waals surface area contributed by atoms with Crippen LogP contribution in [0, 0.1) is 0 Å². The molecule has 0 spiro atoms. The first-order valence-corrected chi connectivity index (χ1v) is 15.8. The molecule has 4 aromatic carbocycles. The average Bonchev–Trinajstić information content (AvgIpc) is 3.76. The molecule has 0 fully saturated rings. The fraction of sp³-hybridized carbons (Fsp3) is 0.0286. The van der Waals surface area contributed by atoms with E-state index in [2.05, 4.69) is 45.2 Å². The molecule has 0 radical (unpaired) electrons. The lowest BCUT2D eigenvalue weighted by Gasteiger charge is -2.12. The number of hydrogen-bond donors (Lipinski definition) is 3. The SMILES string of the molecule is O=C(CSc1cccc(NC(=O)/C(=C/c2ccco2)NC(=O)c2ccccc2)c1)Nc1nc(-c2ccc3ccccc3c2)cs1. The van der Waals surface area contributed by atoms with Crippen LogP contribution in [0.2, 0.25) is 0 Å². The molecule has 3 amide bonds. The van der Waals surface area contributed by atoms with Crippen LogP contribution in [0.3, 0.4) is 0 Å². The number of anilines is 2. The predicted octanol–water partition coefficient (Wildman–Crippen LogP) is 7.70. The summed E-state index contributed by atoms with van der Waals surface area (Å²) in [4.78, 5) is 44.1. The van der Waals surface area contributed by atoms with Crippen molar-refractivity contribution in [3.8, 4) is 11.3 Å². The van der Waals surface area contributed by atoms with E-state index in [-0.39, 0.29) is 17.4 Å². The lowest BCUT2D eigenvalue weighted by molar-refractivity contribution is -0.114. The zero-order chi connectivity index (χ0) is 31.0. The second kappa shape index (κ2) is 13.9. The Hall–Kier alpha value is -5.45. The summed E-state index contributed by atoms with van der Waals surface area (Å²) in [6.45, 7) is 0. The molecule has 3 N–H and O–H groups in total. The topological polar surface area (TPSA) is 113 Å². The van der Waals surface area contributed by atoms with E-state index in [9.17, 15) is 14.4 Å². The summed E-state index contributed by atoms with van der Waals surface area (Å²) in [7, 11) is 0. The molecule has 2 aromatic heterocycles. The van der Waals surface area contributed by atoms with Gasteiger partial charge >= 0.3 is 0 Å². The van der Waals surface area contributed by atoms with Gasteiger partial charge in [0.2, 0.25) is 5.91 Å². The van der Waals surface area contributed by atoms with E-state index in [0.717, 1.165) is 26.9 Å². The highest BCUT2D eigenvalue weighted by molar-refractivity contribution is 8.00. The van der Waals surface area contributed by atoms with Crippen LogP contribution >= 0.6 is 23.1 Å². The first-order chi connectivity index (χ1) is 22.0. The molecule has 0 aliphatic carbocycles. The number of furan rings is 1. The summed E-state index contributed by atoms with van der Waals surface area (Å²) in [6.07, 6.45) is 2.94. The summed E-state index contributed by atoms with van der Waals surface area (Å²) in [5, 5.41) is 13.1. The minimum absolute atomic E-state index is 0.0164. The molecule has 2 heterocycles. The number of carbonyl (C=O) groups is 3. The summed E-state index contributed by atoms with van der Waals surface area (Å²) in [6, 6.07) is 33.4. The van der Waals surface area contributed by atoms with Gasteiger partial charge in [-0.25, -0.2) is 4.98 Å². The third-order valence-corrected chi connectivity index (χ3v) is 8.37. The van der Waals surface area contributed by atoms with Gasteiger partial charge in [0, 0.05) is 33.2 Å². The van der Waals surface area contributed by atoms with Gasteiger partial charge in [0.1, 0.15) is 11.5 Å². The van der Waals surface area contributed by atoms with Crippen molar-refractivity contribution in [1.29, 1.82) is 0 Å². The van der Waals surface area contributed by atoms with Gasteiger partial charge in [0.25, 0.3) is 11.8 Å². The number of amides is 3. The van der Waals surface area contributed by atoms with Gasteiger partial charge in [0.15, 0.2) is 5.13 Å². The summed E-state index contributed by atoms with van der Waals surface area (Å²) >= 11 is 2.70. The Morgan fingerprint density at radius 3 is 2.47 bits per heavy atom. The zero-order valence-corrected chi connectivity index (χ0v) is 25.4. The minimum Gasteiger partial charge on any atom is -0.465 e. The van der Waals surface area contributed by atoms with Crippen molar-refractivity contribution in [3.63, 3.8) is 0 Å². The van der Waals surface area contributed by atoms with E-state index in [1.54, 1.807) is 60.7 Å².